The molecule has 1 heterocycles. The summed E-state index contributed by atoms with van der Waals surface area (Å²) in [6.07, 6.45) is 1.21. The fourth-order valence-electron chi connectivity index (χ4n) is 1.99. The van der Waals surface area contributed by atoms with Crippen LogP contribution in [0.15, 0.2) is 22.6 Å². The van der Waals surface area contributed by atoms with Crippen molar-refractivity contribution in [2.45, 2.75) is 20.3 Å². The van der Waals surface area contributed by atoms with Gasteiger partial charge in [-0.3, -0.25) is 20.3 Å². The minimum absolute atomic E-state index is 0.0185. The van der Waals surface area contributed by atoms with E-state index in [0.29, 0.717) is 17.4 Å². The number of esters is 1. The fourth-order valence-corrected chi connectivity index (χ4v) is 2.65. The van der Waals surface area contributed by atoms with Crippen LogP contribution >= 0.6 is 11.3 Å². The minimum Gasteiger partial charge on any atom is -0.466 e. The zero-order valence-corrected chi connectivity index (χ0v) is 14.3. The van der Waals surface area contributed by atoms with Gasteiger partial charge in [0.15, 0.2) is 0 Å². The highest BCUT2D eigenvalue weighted by molar-refractivity contribution is 7.13. The predicted octanol–water partition coefficient (Wildman–Crippen LogP) is 3.05. The fraction of sp³-hybridized carbons (Fsp3) is 0.267. The lowest BCUT2D eigenvalue weighted by Gasteiger charge is -2.03. The molecule has 0 saturated carbocycles. The third-order valence-electron chi connectivity index (χ3n) is 3.17. The lowest BCUT2D eigenvalue weighted by atomic mass is 10.1. The lowest BCUT2D eigenvalue weighted by Crippen LogP contribution is -2.07. The smallest absolute Gasteiger partial charge is 0.311 e. The molecule has 1 aromatic heterocycles. The highest BCUT2D eigenvalue weighted by atomic mass is 32.1. The van der Waals surface area contributed by atoms with Gasteiger partial charge in [0.05, 0.1) is 29.9 Å². The number of benzene rings is 1. The van der Waals surface area contributed by atoms with Gasteiger partial charge in [-0.2, -0.15) is 5.10 Å². The van der Waals surface area contributed by atoms with E-state index < -0.39 is 10.7 Å². The van der Waals surface area contributed by atoms with Crippen LogP contribution in [0.2, 0.25) is 0 Å². The Kier molecular flexibility index (Phi) is 6.12. The molecule has 1 N–H and O–H groups in total. The second-order valence-electron chi connectivity index (χ2n) is 4.86. The quantitative estimate of drug-likeness (QED) is 0.349. The number of aromatic nitrogens is 1. The summed E-state index contributed by atoms with van der Waals surface area (Å²) in [5.41, 5.74) is 3.15. The van der Waals surface area contributed by atoms with E-state index in [2.05, 4.69) is 15.5 Å². The number of carbonyl (C=O) groups is 1. The summed E-state index contributed by atoms with van der Waals surface area (Å²) in [5, 5.41) is 16.8. The van der Waals surface area contributed by atoms with Gasteiger partial charge < -0.3 is 4.74 Å². The molecule has 10 heteroatoms. The topological polar surface area (TPSA) is 107 Å². The first-order valence-corrected chi connectivity index (χ1v) is 8.13. The molecule has 0 spiro atoms. The number of nitrogens with zero attached hydrogens (tertiary/aromatic N) is 3. The summed E-state index contributed by atoms with van der Waals surface area (Å²) in [7, 11) is 0. The maximum absolute atomic E-state index is 13.8. The van der Waals surface area contributed by atoms with Crippen LogP contribution in [0.5, 0.6) is 0 Å². The molecule has 0 aliphatic heterocycles. The van der Waals surface area contributed by atoms with E-state index in [4.69, 9.17) is 4.74 Å². The molecule has 0 aliphatic carbocycles. The monoisotopic (exact) mass is 366 g/mol. The third kappa shape index (κ3) is 4.80. The molecule has 0 fully saturated rings. The zero-order valence-electron chi connectivity index (χ0n) is 13.5. The number of nitro groups is 1. The first-order chi connectivity index (χ1) is 11.9. The van der Waals surface area contributed by atoms with Gasteiger partial charge in [-0.15, -0.1) is 11.3 Å². The van der Waals surface area contributed by atoms with E-state index in [9.17, 15) is 19.3 Å². The van der Waals surface area contributed by atoms with Crippen molar-refractivity contribution < 1.29 is 18.8 Å². The summed E-state index contributed by atoms with van der Waals surface area (Å²) in [6.45, 7) is 3.46. The molecule has 1 aromatic carbocycles. The summed E-state index contributed by atoms with van der Waals surface area (Å²) in [4.78, 5) is 25.8. The number of halogens is 1. The average molecular weight is 366 g/mol. The Hall–Kier alpha value is -2.88. The molecule has 8 nitrogen and oxygen atoms in total. The maximum Gasteiger partial charge on any atom is 0.311 e. The SMILES string of the molecule is CCOC(=O)Cc1csc(NN=Cc2c(F)ccc([N+](=O)[O-])c2C)n1. The Morgan fingerprint density at radius 2 is 2.32 bits per heavy atom. The summed E-state index contributed by atoms with van der Waals surface area (Å²) >= 11 is 1.22. The van der Waals surface area contributed by atoms with E-state index in [0.717, 1.165) is 18.3 Å². The Labute approximate surface area is 146 Å². The van der Waals surface area contributed by atoms with Crippen LogP contribution in [-0.4, -0.2) is 28.7 Å². The number of ether oxygens (including phenoxy) is 1. The standard InChI is InChI=1S/C15H15FN4O4S/c1-3-24-14(21)6-10-8-25-15(18-10)19-17-7-11-9(2)13(20(22)23)5-4-12(11)16/h4-5,7-8H,3,6H2,1-2H3,(H,18,19). The Morgan fingerprint density at radius 3 is 3.00 bits per heavy atom. The van der Waals surface area contributed by atoms with Crippen LogP contribution in [0.4, 0.5) is 15.2 Å². The van der Waals surface area contributed by atoms with Gasteiger partial charge >= 0.3 is 5.97 Å². The number of hydrazone groups is 1. The number of rotatable bonds is 7. The van der Waals surface area contributed by atoms with Crippen molar-refractivity contribution in [2.75, 3.05) is 12.0 Å². The van der Waals surface area contributed by atoms with E-state index >= 15 is 0 Å². The second kappa shape index (κ2) is 8.29. The lowest BCUT2D eigenvalue weighted by molar-refractivity contribution is -0.385. The first kappa shape index (κ1) is 18.5. The van der Waals surface area contributed by atoms with Crippen molar-refractivity contribution >= 4 is 34.3 Å². The molecule has 0 aliphatic rings. The van der Waals surface area contributed by atoms with Crippen LogP contribution in [0.25, 0.3) is 0 Å². The number of nitrogens with one attached hydrogen (secondary N) is 1. The molecule has 132 valence electrons. The second-order valence-corrected chi connectivity index (χ2v) is 5.72. The van der Waals surface area contributed by atoms with Crippen LogP contribution in [-0.2, 0) is 16.0 Å². The maximum atomic E-state index is 13.8. The van der Waals surface area contributed by atoms with Gasteiger partial charge in [0.25, 0.3) is 5.69 Å². The molecule has 0 bridgehead atoms. The number of carbonyl (C=O) groups excluding carboxylic acids is 1. The zero-order chi connectivity index (χ0) is 18.4. The van der Waals surface area contributed by atoms with Crippen molar-refractivity contribution in [1.29, 1.82) is 0 Å². The number of nitro benzene ring substituents is 1. The van der Waals surface area contributed by atoms with Crippen molar-refractivity contribution in [1.82, 2.24) is 4.98 Å². The molecule has 0 atom stereocenters. The number of hydrogen-bond acceptors (Lipinski definition) is 8. The normalized spacial score (nSPS) is 10.8. The molecule has 2 aromatic rings. The van der Waals surface area contributed by atoms with Gasteiger partial charge in [-0.05, 0) is 19.9 Å². The van der Waals surface area contributed by atoms with Gasteiger partial charge in [-0.25, -0.2) is 9.37 Å². The van der Waals surface area contributed by atoms with Crippen molar-refractivity contribution in [3.05, 3.63) is 50.3 Å². The van der Waals surface area contributed by atoms with E-state index in [-0.39, 0.29) is 29.2 Å². The Bertz CT molecular complexity index is 822. The molecule has 0 unspecified atom stereocenters. The van der Waals surface area contributed by atoms with Crippen LogP contribution < -0.4 is 5.43 Å². The van der Waals surface area contributed by atoms with Crippen LogP contribution in [0.1, 0.15) is 23.7 Å². The molecule has 0 radical (unpaired) electrons. The largest absolute Gasteiger partial charge is 0.466 e. The van der Waals surface area contributed by atoms with Crippen molar-refractivity contribution in [3.8, 4) is 0 Å². The number of hydrogen-bond donors (Lipinski definition) is 1. The highest BCUT2D eigenvalue weighted by Gasteiger charge is 2.16. The number of thiazole rings is 1. The van der Waals surface area contributed by atoms with Crippen LogP contribution in [0.3, 0.4) is 0 Å². The molecular formula is C15H15FN4O4S. The molecule has 25 heavy (non-hydrogen) atoms. The van der Waals surface area contributed by atoms with Crippen molar-refractivity contribution in [2.24, 2.45) is 5.10 Å². The predicted molar refractivity (Wildman–Crippen MR) is 91.5 cm³/mol. The summed E-state index contributed by atoms with van der Waals surface area (Å²) < 4.78 is 18.7. The molecular weight excluding hydrogens is 351 g/mol. The highest BCUT2D eigenvalue weighted by Crippen LogP contribution is 2.23. The summed E-state index contributed by atoms with van der Waals surface area (Å²) in [5.74, 6) is -0.993. The van der Waals surface area contributed by atoms with E-state index in [1.807, 2.05) is 0 Å². The van der Waals surface area contributed by atoms with Crippen molar-refractivity contribution in [3.63, 3.8) is 0 Å². The van der Waals surface area contributed by atoms with Gasteiger partial charge in [-0.1, -0.05) is 0 Å². The molecule has 0 amide bonds. The average Bonchev–Trinajstić information content (AvgIpc) is 2.97. The number of anilines is 1. The third-order valence-corrected chi connectivity index (χ3v) is 3.96. The van der Waals surface area contributed by atoms with E-state index in [1.165, 1.54) is 18.3 Å². The molecule has 0 saturated heterocycles. The van der Waals surface area contributed by atoms with Gasteiger partial charge in [0, 0.05) is 22.6 Å². The Morgan fingerprint density at radius 1 is 1.56 bits per heavy atom. The summed E-state index contributed by atoms with van der Waals surface area (Å²) in [6, 6.07) is 2.13. The van der Waals surface area contributed by atoms with Gasteiger partial charge in [0.1, 0.15) is 5.82 Å². The minimum atomic E-state index is -0.615. The first-order valence-electron chi connectivity index (χ1n) is 7.25. The molecule has 2 rings (SSSR count). The van der Waals surface area contributed by atoms with Crippen LogP contribution in [0, 0.1) is 22.9 Å². The van der Waals surface area contributed by atoms with Gasteiger partial charge in [0.2, 0.25) is 5.13 Å². The van der Waals surface area contributed by atoms with E-state index in [1.54, 1.807) is 12.3 Å². The Balaban J connectivity index is 2.07.